The van der Waals surface area contributed by atoms with Crippen molar-refractivity contribution in [2.24, 2.45) is 7.05 Å². The summed E-state index contributed by atoms with van der Waals surface area (Å²) >= 11 is 7.77. The first-order chi connectivity index (χ1) is 11.5. The normalized spacial score (nSPS) is 11.5. The summed E-state index contributed by atoms with van der Waals surface area (Å²) in [6, 6.07) is 7.96. The summed E-state index contributed by atoms with van der Waals surface area (Å²) in [5.41, 5.74) is 2.52. The lowest BCUT2D eigenvalue weighted by molar-refractivity contribution is -0.125. The van der Waals surface area contributed by atoms with Gasteiger partial charge in [-0.15, -0.1) is 11.3 Å². The Hall–Kier alpha value is -2.18. The van der Waals surface area contributed by atoms with Crippen LogP contribution < -0.4 is 0 Å². The van der Waals surface area contributed by atoms with Gasteiger partial charge in [-0.1, -0.05) is 23.7 Å². The van der Waals surface area contributed by atoms with E-state index in [2.05, 4.69) is 10.1 Å². The number of thiazole rings is 1. The maximum atomic E-state index is 12.3. The number of benzene rings is 1. The monoisotopic (exact) mass is 360 g/mol. The SMILES string of the molecule is Cc1nn(C)c(Cl)c1/C=C/C(=O)N(C)Cc1nc2ccccc2s1. The Kier molecular flexibility index (Phi) is 4.69. The van der Waals surface area contributed by atoms with E-state index in [0.717, 1.165) is 26.5 Å². The van der Waals surface area contributed by atoms with E-state index in [1.165, 1.54) is 6.08 Å². The fourth-order valence-electron chi connectivity index (χ4n) is 2.39. The Labute approximate surface area is 149 Å². The first-order valence-electron chi connectivity index (χ1n) is 7.42. The van der Waals surface area contributed by atoms with E-state index in [0.29, 0.717) is 11.7 Å². The molecule has 1 aromatic carbocycles. The zero-order valence-electron chi connectivity index (χ0n) is 13.7. The summed E-state index contributed by atoms with van der Waals surface area (Å²) in [7, 11) is 3.53. The second-order valence-electron chi connectivity index (χ2n) is 5.52. The quantitative estimate of drug-likeness (QED) is 0.667. The molecule has 2 heterocycles. The maximum Gasteiger partial charge on any atom is 0.246 e. The van der Waals surface area contributed by atoms with Crippen LogP contribution in [0.1, 0.15) is 16.3 Å². The van der Waals surface area contributed by atoms with Gasteiger partial charge in [0, 0.05) is 25.7 Å². The van der Waals surface area contributed by atoms with Crippen LogP contribution in [-0.2, 0) is 18.4 Å². The van der Waals surface area contributed by atoms with E-state index >= 15 is 0 Å². The number of nitrogens with zero attached hydrogens (tertiary/aromatic N) is 4. The van der Waals surface area contributed by atoms with E-state index in [4.69, 9.17) is 11.6 Å². The third kappa shape index (κ3) is 3.34. The van der Waals surface area contributed by atoms with Crippen molar-refractivity contribution < 1.29 is 4.79 Å². The van der Waals surface area contributed by atoms with Crippen molar-refractivity contribution in [2.45, 2.75) is 13.5 Å². The van der Waals surface area contributed by atoms with E-state index in [-0.39, 0.29) is 5.91 Å². The first-order valence-corrected chi connectivity index (χ1v) is 8.62. The van der Waals surface area contributed by atoms with E-state index in [1.807, 2.05) is 31.2 Å². The number of para-hydroxylation sites is 1. The minimum atomic E-state index is -0.103. The molecule has 0 saturated carbocycles. The Balaban J connectivity index is 1.71. The number of hydrogen-bond donors (Lipinski definition) is 0. The lowest BCUT2D eigenvalue weighted by Gasteiger charge is -2.12. The average Bonchev–Trinajstić information content (AvgIpc) is 3.06. The Morgan fingerprint density at radius 3 is 2.83 bits per heavy atom. The smallest absolute Gasteiger partial charge is 0.246 e. The van der Waals surface area contributed by atoms with Crippen LogP contribution in [0.15, 0.2) is 30.3 Å². The molecule has 0 aliphatic carbocycles. The summed E-state index contributed by atoms with van der Waals surface area (Å²) in [6.45, 7) is 2.34. The predicted molar refractivity (Wildman–Crippen MR) is 98.1 cm³/mol. The number of aryl methyl sites for hydroxylation is 2. The summed E-state index contributed by atoms with van der Waals surface area (Å²) in [4.78, 5) is 18.5. The molecule has 0 bridgehead atoms. The van der Waals surface area contributed by atoms with Crippen LogP contribution in [0.4, 0.5) is 0 Å². The molecule has 3 rings (SSSR count). The lowest BCUT2D eigenvalue weighted by Crippen LogP contribution is -2.23. The Morgan fingerprint density at radius 2 is 2.17 bits per heavy atom. The van der Waals surface area contributed by atoms with Crippen LogP contribution in [0.2, 0.25) is 5.15 Å². The van der Waals surface area contributed by atoms with Gasteiger partial charge in [0.15, 0.2) is 0 Å². The highest BCUT2D eigenvalue weighted by Crippen LogP contribution is 2.23. The molecule has 24 heavy (non-hydrogen) atoms. The number of rotatable bonds is 4. The molecule has 0 saturated heterocycles. The number of likely N-dealkylation sites (N-methyl/N-ethyl adjacent to an activating group) is 1. The number of hydrogen-bond acceptors (Lipinski definition) is 4. The number of carbonyl (C=O) groups is 1. The van der Waals surface area contributed by atoms with Crippen molar-refractivity contribution in [3.8, 4) is 0 Å². The van der Waals surface area contributed by atoms with Crippen LogP contribution in [0, 0.1) is 6.92 Å². The van der Waals surface area contributed by atoms with Gasteiger partial charge in [-0.25, -0.2) is 4.98 Å². The summed E-state index contributed by atoms with van der Waals surface area (Å²) in [5, 5.41) is 5.66. The minimum Gasteiger partial charge on any atom is -0.335 e. The first kappa shape index (κ1) is 16.7. The Bertz CT molecular complexity index is 895. The van der Waals surface area contributed by atoms with Gasteiger partial charge < -0.3 is 4.90 Å². The molecule has 0 atom stereocenters. The zero-order chi connectivity index (χ0) is 17.3. The van der Waals surface area contributed by atoms with Gasteiger partial charge >= 0.3 is 0 Å². The maximum absolute atomic E-state index is 12.3. The van der Waals surface area contributed by atoms with Gasteiger partial charge in [-0.2, -0.15) is 5.10 Å². The van der Waals surface area contributed by atoms with Crippen molar-refractivity contribution in [1.29, 1.82) is 0 Å². The van der Waals surface area contributed by atoms with E-state index < -0.39 is 0 Å². The number of aromatic nitrogens is 3. The topological polar surface area (TPSA) is 51.0 Å². The van der Waals surface area contributed by atoms with E-state index in [1.54, 1.807) is 41.1 Å². The van der Waals surface area contributed by atoms with Gasteiger partial charge in [-0.3, -0.25) is 9.48 Å². The van der Waals surface area contributed by atoms with Crippen LogP contribution in [0.3, 0.4) is 0 Å². The highest BCUT2D eigenvalue weighted by Gasteiger charge is 2.12. The summed E-state index contributed by atoms with van der Waals surface area (Å²) < 4.78 is 2.72. The fourth-order valence-corrected chi connectivity index (χ4v) is 3.64. The molecule has 0 fully saturated rings. The molecule has 0 N–H and O–H groups in total. The summed E-state index contributed by atoms with van der Waals surface area (Å²) in [5.74, 6) is -0.103. The van der Waals surface area contributed by atoms with Crippen molar-refractivity contribution in [2.75, 3.05) is 7.05 Å². The average molecular weight is 361 g/mol. The van der Waals surface area contributed by atoms with Crippen LogP contribution >= 0.6 is 22.9 Å². The highest BCUT2D eigenvalue weighted by atomic mass is 35.5. The molecule has 3 aromatic rings. The molecular formula is C17H17ClN4OS. The van der Waals surface area contributed by atoms with Crippen LogP contribution in [0.25, 0.3) is 16.3 Å². The molecule has 0 unspecified atom stereocenters. The molecule has 0 spiro atoms. The van der Waals surface area contributed by atoms with Gasteiger partial charge in [0.25, 0.3) is 0 Å². The largest absolute Gasteiger partial charge is 0.335 e. The number of carbonyl (C=O) groups excluding carboxylic acids is 1. The van der Waals surface area contributed by atoms with Crippen LogP contribution in [0.5, 0.6) is 0 Å². The minimum absolute atomic E-state index is 0.103. The third-order valence-electron chi connectivity index (χ3n) is 3.68. The number of halogens is 1. The molecular weight excluding hydrogens is 344 g/mol. The molecule has 0 aliphatic rings. The number of amides is 1. The molecule has 0 aliphatic heterocycles. The molecule has 124 valence electrons. The van der Waals surface area contributed by atoms with Gasteiger partial charge in [0.05, 0.1) is 22.5 Å². The molecule has 7 heteroatoms. The molecule has 5 nitrogen and oxygen atoms in total. The number of fused-ring (bicyclic) bond motifs is 1. The van der Waals surface area contributed by atoms with Crippen molar-refractivity contribution in [3.05, 3.63) is 51.8 Å². The second-order valence-corrected chi connectivity index (χ2v) is 6.99. The fraction of sp³-hybridized carbons (Fsp3) is 0.235. The Morgan fingerprint density at radius 1 is 1.42 bits per heavy atom. The summed E-state index contributed by atoms with van der Waals surface area (Å²) in [6.07, 6.45) is 3.23. The van der Waals surface area contributed by atoms with Crippen molar-refractivity contribution in [3.63, 3.8) is 0 Å². The second kappa shape index (κ2) is 6.75. The molecule has 1 amide bonds. The third-order valence-corrected chi connectivity index (χ3v) is 5.14. The van der Waals surface area contributed by atoms with Crippen molar-refractivity contribution in [1.82, 2.24) is 19.7 Å². The predicted octanol–water partition coefficient (Wildman–Crippen LogP) is 3.66. The zero-order valence-corrected chi connectivity index (χ0v) is 15.2. The lowest BCUT2D eigenvalue weighted by atomic mass is 10.2. The van der Waals surface area contributed by atoms with Crippen molar-refractivity contribution >= 4 is 45.1 Å². The van der Waals surface area contributed by atoms with Gasteiger partial charge in [0.2, 0.25) is 5.91 Å². The van der Waals surface area contributed by atoms with Gasteiger partial charge in [0.1, 0.15) is 10.2 Å². The van der Waals surface area contributed by atoms with E-state index in [9.17, 15) is 4.79 Å². The van der Waals surface area contributed by atoms with Gasteiger partial charge in [-0.05, 0) is 25.1 Å². The standard InChI is InChI=1S/C17H17ClN4OS/c1-11-12(17(18)22(3)20-11)8-9-16(23)21(2)10-15-19-13-6-4-5-7-14(13)24-15/h4-9H,10H2,1-3H3/b9-8+. The molecule has 0 radical (unpaired) electrons. The highest BCUT2D eigenvalue weighted by molar-refractivity contribution is 7.18. The molecule has 2 aromatic heterocycles. The van der Waals surface area contributed by atoms with Crippen LogP contribution in [-0.4, -0.2) is 32.6 Å².